The molecule has 0 aliphatic heterocycles. The molecule has 0 bridgehead atoms. The van der Waals surface area contributed by atoms with Crippen LogP contribution < -0.4 is 5.32 Å². The second kappa shape index (κ2) is 62.2. The van der Waals surface area contributed by atoms with Gasteiger partial charge in [-0.15, -0.1) is 0 Å². The van der Waals surface area contributed by atoms with E-state index < -0.39 is 20.0 Å². The molecule has 1 amide bonds. The van der Waals surface area contributed by atoms with Crippen LogP contribution in [0.15, 0.2) is 85.1 Å². The Labute approximate surface area is 514 Å². The lowest BCUT2D eigenvalue weighted by Gasteiger charge is -2.27. The molecule has 0 spiro atoms. The fraction of sp³-hybridized carbons (Fsp3) is 0.781. The van der Waals surface area contributed by atoms with E-state index in [0.29, 0.717) is 23.9 Å². The number of likely N-dealkylation sites (N-methyl/N-ethyl adjacent to an activating group) is 1. The number of quaternary nitrogens is 1. The van der Waals surface area contributed by atoms with Crippen LogP contribution in [0, 0.1) is 0 Å². The number of ether oxygens (including phenoxy) is 1. The SMILES string of the molecule is CCCCC/C=C\C/C=C\C/C=C\CCCCCCCCCCCCCCCCC(=O)NC(COP(=O)(O)OCC[N+](C)(C)C)C(/C=C\CCCCCCCCCCCCC)OC(=O)CCCCCC/C=C\C/C=C\C/C=C\CCCCC. The van der Waals surface area contributed by atoms with E-state index in [9.17, 15) is 19.0 Å². The Bertz CT molecular complexity index is 1700. The molecule has 0 aromatic rings. The average molecular weight is 1180 g/mol. The van der Waals surface area contributed by atoms with Crippen LogP contribution in [-0.2, 0) is 27.9 Å². The lowest BCUT2D eigenvalue weighted by atomic mass is 10.0. The molecule has 3 atom stereocenters. The molecule has 9 nitrogen and oxygen atoms in total. The van der Waals surface area contributed by atoms with Crippen LogP contribution >= 0.6 is 7.82 Å². The van der Waals surface area contributed by atoms with Gasteiger partial charge < -0.3 is 19.4 Å². The van der Waals surface area contributed by atoms with Gasteiger partial charge in [-0.05, 0) is 109 Å². The summed E-state index contributed by atoms with van der Waals surface area (Å²) in [6.45, 7) is 6.97. The topological polar surface area (TPSA) is 111 Å². The average Bonchev–Trinajstić information content (AvgIpc) is 3.47. The van der Waals surface area contributed by atoms with Crippen molar-refractivity contribution < 1.29 is 37.3 Å². The van der Waals surface area contributed by atoms with Crippen LogP contribution in [0.2, 0.25) is 0 Å². The number of phosphoric ester groups is 1. The Kier molecular flexibility index (Phi) is 60.1. The van der Waals surface area contributed by atoms with Gasteiger partial charge in [-0.25, -0.2) is 4.57 Å². The number of nitrogens with zero attached hydrogens (tertiary/aromatic N) is 1. The molecule has 0 aliphatic carbocycles. The molecule has 0 rings (SSSR count). The molecule has 0 radical (unpaired) electrons. The maximum absolute atomic E-state index is 13.6. The predicted octanol–water partition coefficient (Wildman–Crippen LogP) is 22.1. The number of esters is 1. The minimum absolute atomic E-state index is 0.0341. The van der Waals surface area contributed by atoms with Crippen LogP contribution in [0.5, 0.6) is 0 Å². The molecule has 0 heterocycles. The molecule has 482 valence electrons. The molecular weight excluding hydrogens is 1050 g/mol. The summed E-state index contributed by atoms with van der Waals surface area (Å²) in [4.78, 5) is 37.9. The summed E-state index contributed by atoms with van der Waals surface area (Å²) < 4.78 is 30.8. The van der Waals surface area contributed by atoms with Crippen molar-refractivity contribution in [3.8, 4) is 0 Å². The highest BCUT2D eigenvalue weighted by atomic mass is 31.2. The van der Waals surface area contributed by atoms with Crippen molar-refractivity contribution in [3.63, 3.8) is 0 Å². The van der Waals surface area contributed by atoms with Gasteiger partial charge in [-0.3, -0.25) is 18.6 Å². The third-order valence-corrected chi connectivity index (χ3v) is 16.3. The number of allylic oxidation sites excluding steroid dienone is 13. The Hall–Kier alpha value is -2.81. The molecule has 3 unspecified atom stereocenters. The van der Waals surface area contributed by atoms with Crippen molar-refractivity contribution in [2.45, 2.75) is 328 Å². The van der Waals surface area contributed by atoms with Crippen LogP contribution in [0.4, 0.5) is 0 Å². The van der Waals surface area contributed by atoms with E-state index in [1.807, 2.05) is 33.3 Å². The lowest BCUT2D eigenvalue weighted by Crippen LogP contribution is -2.47. The van der Waals surface area contributed by atoms with Gasteiger partial charge in [0.1, 0.15) is 19.3 Å². The van der Waals surface area contributed by atoms with E-state index in [-0.39, 0.29) is 31.5 Å². The number of amides is 1. The summed E-state index contributed by atoms with van der Waals surface area (Å²) in [5.74, 6) is -0.525. The minimum atomic E-state index is -4.46. The van der Waals surface area contributed by atoms with Crippen LogP contribution in [0.3, 0.4) is 0 Å². The number of nitrogens with one attached hydrogen (secondary N) is 1. The van der Waals surface area contributed by atoms with Crippen LogP contribution in [0.1, 0.15) is 316 Å². The van der Waals surface area contributed by atoms with Crippen molar-refractivity contribution >= 4 is 19.7 Å². The van der Waals surface area contributed by atoms with Gasteiger partial charge in [-0.1, -0.05) is 280 Å². The zero-order chi connectivity index (χ0) is 60.7. The molecular formula is C73H134N2O7P+. The zero-order valence-corrected chi connectivity index (χ0v) is 56.1. The maximum Gasteiger partial charge on any atom is 0.472 e. The summed E-state index contributed by atoms with van der Waals surface area (Å²) in [7, 11) is 1.48. The first-order valence-corrected chi connectivity index (χ1v) is 36.4. The third-order valence-electron chi connectivity index (χ3n) is 15.3. The normalized spacial score (nSPS) is 14.1. The fourth-order valence-electron chi connectivity index (χ4n) is 9.90. The summed E-state index contributed by atoms with van der Waals surface area (Å²) in [6.07, 6.45) is 83.0. The summed E-state index contributed by atoms with van der Waals surface area (Å²) in [5, 5.41) is 3.06. The Balaban J connectivity index is 5.10. The number of rotatable bonds is 63. The second-order valence-electron chi connectivity index (χ2n) is 24.7. The first-order valence-electron chi connectivity index (χ1n) is 34.9. The fourth-order valence-corrected chi connectivity index (χ4v) is 10.6. The van der Waals surface area contributed by atoms with Crippen molar-refractivity contribution in [2.24, 2.45) is 0 Å². The number of hydrogen-bond donors (Lipinski definition) is 2. The van der Waals surface area contributed by atoms with Gasteiger partial charge in [0, 0.05) is 12.8 Å². The van der Waals surface area contributed by atoms with E-state index in [1.165, 1.54) is 186 Å². The van der Waals surface area contributed by atoms with Gasteiger partial charge in [0.25, 0.3) is 0 Å². The Morgan fingerprint density at radius 1 is 0.422 bits per heavy atom. The highest BCUT2D eigenvalue weighted by Crippen LogP contribution is 2.43. The summed E-state index contributed by atoms with van der Waals surface area (Å²) in [5.41, 5.74) is 0. The molecule has 2 N–H and O–H groups in total. The van der Waals surface area contributed by atoms with Gasteiger partial charge in [-0.2, -0.15) is 0 Å². The third kappa shape index (κ3) is 63.5. The second-order valence-corrected chi connectivity index (χ2v) is 26.1. The molecule has 0 saturated heterocycles. The number of hydrogen-bond acceptors (Lipinski definition) is 6. The number of carbonyl (C=O) groups is 2. The van der Waals surface area contributed by atoms with Crippen LogP contribution in [-0.4, -0.2) is 74.3 Å². The smallest absolute Gasteiger partial charge is 0.456 e. The maximum atomic E-state index is 13.6. The number of phosphoric acid groups is 1. The predicted molar refractivity (Wildman–Crippen MR) is 360 cm³/mol. The number of carbonyl (C=O) groups excluding carboxylic acids is 2. The largest absolute Gasteiger partial charge is 0.472 e. The summed E-state index contributed by atoms with van der Waals surface area (Å²) in [6, 6.07) is -0.862. The molecule has 0 aromatic carbocycles. The van der Waals surface area contributed by atoms with Crippen molar-refractivity contribution in [3.05, 3.63) is 85.1 Å². The van der Waals surface area contributed by atoms with E-state index in [4.69, 9.17) is 13.8 Å². The van der Waals surface area contributed by atoms with Gasteiger partial charge in [0.05, 0.1) is 33.8 Å². The quantitative estimate of drug-likeness (QED) is 0.0205. The highest BCUT2D eigenvalue weighted by Gasteiger charge is 2.30. The first-order chi connectivity index (χ1) is 40.4. The van der Waals surface area contributed by atoms with Crippen molar-refractivity contribution in [1.29, 1.82) is 0 Å². The van der Waals surface area contributed by atoms with E-state index >= 15 is 0 Å². The van der Waals surface area contributed by atoms with Gasteiger partial charge in [0.15, 0.2) is 0 Å². The molecule has 0 aromatic heterocycles. The highest BCUT2D eigenvalue weighted by molar-refractivity contribution is 7.47. The molecule has 0 saturated carbocycles. The lowest BCUT2D eigenvalue weighted by molar-refractivity contribution is -0.870. The zero-order valence-electron chi connectivity index (χ0n) is 55.2. The Morgan fingerprint density at radius 3 is 1.12 bits per heavy atom. The first kappa shape index (κ1) is 80.2. The minimum Gasteiger partial charge on any atom is -0.456 e. The van der Waals surface area contributed by atoms with Crippen molar-refractivity contribution in [1.82, 2.24) is 5.32 Å². The monoisotopic (exact) mass is 1180 g/mol. The molecule has 0 aliphatic rings. The van der Waals surface area contributed by atoms with Gasteiger partial charge >= 0.3 is 13.8 Å². The Morgan fingerprint density at radius 2 is 0.735 bits per heavy atom. The van der Waals surface area contributed by atoms with E-state index in [1.54, 1.807) is 0 Å². The van der Waals surface area contributed by atoms with E-state index in [0.717, 1.165) is 89.9 Å². The van der Waals surface area contributed by atoms with Gasteiger partial charge in [0.2, 0.25) is 5.91 Å². The molecule has 0 fully saturated rings. The number of unbranched alkanes of at least 4 members (excludes halogenated alkanes) is 35. The molecule has 83 heavy (non-hydrogen) atoms. The van der Waals surface area contributed by atoms with Crippen LogP contribution in [0.25, 0.3) is 0 Å². The molecule has 10 heteroatoms. The van der Waals surface area contributed by atoms with Crippen molar-refractivity contribution in [2.75, 3.05) is 40.9 Å². The van der Waals surface area contributed by atoms with E-state index in [2.05, 4.69) is 99.0 Å². The standard InChI is InChI=1S/C73H133N2O7P/c1-7-10-13-16-19-22-25-28-30-32-33-34-35-36-37-38-39-40-41-43-44-47-50-53-56-59-62-65-72(76)74-70(69-81-83(78,79)80-68-67-75(4,5)6)71(64-61-58-55-52-49-46-27-24-21-18-15-12-9-3)82-73(77)66-63-60-57-54-51-48-45-42-31-29-26-23-20-17-14-11-8-2/h19-20,22-23,28-31,33-34,45,48,61,64,70-71H,7-18,21,24-27,32,35-44,46-47,49-60,62-63,65-69H2,1-6H3,(H-,74,76,78,79)/p+1/b22-19-,23-20-,30-28-,31-29-,34-33-,48-45-,64-61-. The summed E-state index contributed by atoms with van der Waals surface area (Å²) >= 11 is 0.